The van der Waals surface area contributed by atoms with E-state index in [4.69, 9.17) is 4.74 Å². The minimum absolute atomic E-state index is 0.348. The third kappa shape index (κ3) is 4.50. The second kappa shape index (κ2) is 9.72. The van der Waals surface area contributed by atoms with E-state index in [9.17, 15) is 4.39 Å². The van der Waals surface area contributed by atoms with Crippen molar-refractivity contribution in [2.24, 2.45) is 0 Å². The van der Waals surface area contributed by atoms with Crippen molar-refractivity contribution in [1.29, 1.82) is 0 Å². The van der Waals surface area contributed by atoms with Crippen LogP contribution in [-0.4, -0.2) is 57.3 Å². The van der Waals surface area contributed by atoms with Crippen LogP contribution in [0.25, 0.3) is 55.6 Å². The number of hydrogen-bond acceptors (Lipinski definition) is 5. The highest BCUT2D eigenvalue weighted by molar-refractivity contribution is 6.00. The highest BCUT2D eigenvalue weighted by Crippen LogP contribution is 2.36. The van der Waals surface area contributed by atoms with Crippen LogP contribution >= 0.6 is 0 Å². The van der Waals surface area contributed by atoms with E-state index in [2.05, 4.69) is 44.2 Å². The van der Waals surface area contributed by atoms with Gasteiger partial charge in [0.1, 0.15) is 29.5 Å². The Morgan fingerprint density at radius 2 is 1.82 bits per heavy atom. The van der Waals surface area contributed by atoms with Gasteiger partial charge in [0.05, 0.1) is 11.2 Å². The highest BCUT2D eigenvalue weighted by Gasteiger charge is 2.16. The van der Waals surface area contributed by atoms with Gasteiger partial charge >= 0.3 is 0 Å². The summed E-state index contributed by atoms with van der Waals surface area (Å²) < 4.78 is 20.4. The molecule has 6 rings (SSSR count). The van der Waals surface area contributed by atoms with Crippen molar-refractivity contribution in [3.63, 3.8) is 0 Å². The van der Waals surface area contributed by atoms with E-state index in [1.54, 1.807) is 12.4 Å². The minimum atomic E-state index is -0.348. The molecule has 0 saturated carbocycles. The first kappa shape index (κ1) is 23.8. The summed E-state index contributed by atoms with van der Waals surface area (Å²) in [4.78, 5) is 14.3. The van der Waals surface area contributed by atoms with Crippen LogP contribution in [0.2, 0.25) is 0 Å². The van der Waals surface area contributed by atoms with E-state index >= 15 is 0 Å². The van der Waals surface area contributed by atoms with Gasteiger partial charge in [-0.2, -0.15) is 5.10 Å². The van der Waals surface area contributed by atoms with Crippen LogP contribution in [-0.2, 0) is 0 Å². The van der Waals surface area contributed by atoms with Crippen molar-refractivity contribution in [3.8, 4) is 39.4 Å². The molecule has 0 saturated heterocycles. The SMILES string of the molecule is Cc1ccncc1-c1ccc2[nH]nc(-c3cc4c(-c5cc(F)cc(OCCN(C)C)c5)ccnc4[nH]3)c2c1. The van der Waals surface area contributed by atoms with E-state index in [1.165, 1.54) is 12.1 Å². The molecule has 0 aliphatic carbocycles. The number of aryl methyl sites for hydroxylation is 1. The van der Waals surface area contributed by atoms with E-state index in [0.717, 1.165) is 62.0 Å². The van der Waals surface area contributed by atoms with Crippen LogP contribution in [0.15, 0.2) is 73.2 Å². The number of fused-ring (bicyclic) bond motifs is 2. The molecular weight excluding hydrogens is 479 g/mol. The van der Waals surface area contributed by atoms with Gasteiger partial charge in [-0.3, -0.25) is 10.1 Å². The van der Waals surface area contributed by atoms with Crippen LogP contribution in [0.5, 0.6) is 5.75 Å². The largest absolute Gasteiger partial charge is 0.492 e. The molecule has 0 amide bonds. The Morgan fingerprint density at radius 1 is 0.921 bits per heavy atom. The number of H-pyrrole nitrogens is 2. The Hall–Kier alpha value is -4.56. The molecule has 38 heavy (non-hydrogen) atoms. The number of benzene rings is 2. The van der Waals surface area contributed by atoms with Gasteiger partial charge in [0.2, 0.25) is 0 Å². The van der Waals surface area contributed by atoms with Crippen molar-refractivity contribution in [2.45, 2.75) is 6.92 Å². The molecule has 0 fully saturated rings. The molecule has 0 aliphatic heterocycles. The molecule has 0 aliphatic rings. The van der Waals surface area contributed by atoms with Crippen molar-refractivity contribution in [3.05, 3.63) is 84.6 Å². The normalized spacial score (nSPS) is 11.6. The molecule has 2 aromatic carbocycles. The van der Waals surface area contributed by atoms with Gasteiger partial charge < -0.3 is 14.6 Å². The maximum Gasteiger partial charge on any atom is 0.138 e. The van der Waals surface area contributed by atoms with Crippen molar-refractivity contribution >= 4 is 21.9 Å². The summed E-state index contributed by atoms with van der Waals surface area (Å²) in [6, 6.07) is 17.0. The molecule has 0 atom stereocenters. The van der Waals surface area contributed by atoms with E-state index < -0.39 is 0 Å². The number of aromatic amines is 2. The third-order valence-electron chi connectivity index (χ3n) is 6.69. The quantitative estimate of drug-likeness (QED) is 0.268. The second-order valence-electron chi connectivity index (χ2n) is 9.65. The summed E-state index contributed by atoms with van der Waals surface area (Å²) in [5.41, 5.74) is 8.14. The lowest BCUT2D eigenvalue weighted by Crippen LogP contribution is -2.19. The lowest BCUT2D eigenvalue weighted by molar-refractivity contribution is 0.260. The van der Waals surface area contributed by atoms with Crippen LogP contribution in [0.1, 0.15) is 5.56 Å². The molecule has 7 nitrogen and oxygen atoms in total. The average Bonchev–Trinajstić information content (AvgIpc) is 3.52. The highest BCUT2D eigenvalue weighted by atomic mass is 19.1. The van der Waals surface area contributed by atoms with Crippen LogP contribution in [0.4, 0.5) is 4.39 Å². The number of pyridine rings is 2. The fourth-order valence-corrected chi connectivity index (χ4v) is 4.71. The lowest BCUT2D eigenvalue weighted by Gasteiger charge is -2.12. The smallest absolute Gasteiger partial charge is 0.138 e. The Bertz CT molecular complexity index is 1770. The molecule has 0 bridgehead atoms. The number of halogens is 1. The van der Waals surface area contributed by atoms with Crippen LogP contribution in [0, 0.1) is 12.7 Å². The fraction of sp³-hybridized carbons (Fsp3) is 0.167. The summed E-state index contributed by atoms with van der Waals surface area (Å²) in [5, 5.41) is 9.62. The third-order valence-corrected chi connectivity index (χ3v) is 6.69. The first-order valence-corrected chi connectivity index (χ1v) is 12.4. The first-order valence-electron chi connectivity index (χ1n) is 12.4. The van der Waals surface area contributed by atoms with Gasteiger partial charge in [0.25, 0.3) is 0 Å². The maximum atomic E-state index is 14.6. The van der Waals surface area contributed by atoms with E-state index in [-0.39, 0.29) is 5.82 Å². The molecule has 0 unspecified atom stereocenters. The van der Waals surface area contributed by atoms with E-state index in [0.29, 0.717) is 18.0 Å². The second-order valence-corrected chi connectivity index (χ2v) is 9.65. The van der Waals surface area contributed by atoms with Gasteiger partial charge in [-0.15, -0.1) is 0 Å². The summed E-state index contributed by atoms with van der Waals surface area (Å²) >= 11 is 0. The molecule has 8 heteroatoms. The molecule has 190 valence electrons. The fourth-order valence-electron chi connectivity index (χ4n) is 4.71. The van der Waals surface area contributed by atoms with Gasteiger partial charge in [0, 0.05) is 47.5 Å². The molecule has 2 N–H and O–H groups in total. The zero-order chi connectivity index (χ0) is 26.2. The number of nitrogens with zero attached hydrogens (tertiary/aromatic N) is 4. The molecular formula is C30H27FN6O. The van der Waals surface area contributed by atoms with Gasteiger partial charge in [0.15, 0.2) is 0 Å². The number of likely N-dealkylation sites (N-methyl/N-ethyl adjacent to an activating group) is 1. The van der Waals surface area contributed by atoms with Crippen LogP contribution < -0.4 is 4.74 Å². The molecule has 4 aromatic heterocycles. The van der Waals surface area contributed by atoms with Crippen molar-refractivity contribution in [2.75, 3.05) is 27.2 Å². The molecule has 6 aromatic rings. The Morgan fingerprint density at radius 3 is 2.66 bits per heavy atom. The number of hydrogen-bond donors (Lipinski definition) is 2. The number of rotatable bonds is 7. The topological polar surface area (TPSA) is 82.7 Å². The van der Waals surface area contributed by atoms with Crippen LogP contribution in [0.3, 0.4) is 0 Å². The summed E-state index contributed by atoms with van der Waals surface area (Å²) in [7, 11) is 3.95. The Kier molecular flexibility index (Phi) is 6.09. The lowest BCUT2D eigenvalue weighted by atomic mass is 10.0. The predicted octanol–water partition coefficient (Wildman–Crippen LogP) is 6.22. The average molecular weight is 507 g/mol. The monoisotopic (exact) mass is 506 g/mol. The minimum Gasteiger partial charge on any atom is -0.492 e. The van der Waals surface area contributed by atoms with E-state index in [1.807, 2.05) is 55.5 Å². The zero-order valence-corrected chi connectivity index (χ0v) is 21.4. The maximum absolute atomic E-state index is 14.6. The summed E-state index contributed by atoms with van der Waals surface area (Å²) in [6.07, 6.45) is 5.40. The zero-order valence-electron chi connectivity index (χ0n) is 21.4. The number of nitrogens with one attached hydrogen (secondary N) is 2. The first-order chi connectivity index (χ1) is 18.5. The van der Waals surface area contributed by atoms with Gasteiger partial charge in [-0.05, 0) is 85.7 Å². The van der Waals surface area contributed by atoms with Crippen molar-refractivity contribution in [1.82, 2.24) is 30.0 Å². The molecule has 0 spiro atoms. The number of ether oxygens (including phenoxy) is 1. The summed E-state index contributed by atoms with van der Waals surface area (Å²) in [5.74, 6) is 0.152. The number of aromatic nitrogens is 5. The standard InChI is InChI=1S/C30H27FN6O/c1-18-6-8-32-17-26(18)19-4-5-27-25(14-19)29(36-35-27)28-16-24-23(7-9-33-30(24)34-28)20-12-21(31)15-22(13-20)38-11-10-37(2)3/h4-9,12-17H,10-11H2,1-3H3,(H,33,34)(H,35,36). The Balaban J connectivity index is 1.41. The van der Waals surface area contributed by atoms with Crippen molar-refractivity contribution < 1.29 is 9.13 Å². The molecule has 0 radical (unpaired) electrons. The van der Waals surface area contributed by atoms with Gasteiger partial charge in [-0.25, -0.2) is 9.37 Å². The molecule has 4 heterocycles. The predicted molar refractivity (Wildman–Crippen MR) is 149 cm³/mol. The van der Waals surface area contributed by atoms with Gasteiger partial charge in [-0.1, -0.05) is 6.07 Å². The summed E-state index contributed by atoms with van der Waals surface area (Å²) in [6.45, 7) is 3.29. The Labute approximate surface area is 219 Å².